The third kappa shape index (κ3) is 8.64. The number of benzene rings is 1. The zero-order valence-electron chi connectivity index (χ0n) is 21.9. The van der Waals surface area contributed by atoms with Crippen LogP contribution in [0, 0.1) is 5.82 Å². The van der Waals surface area contributed by atoms with Crippen molar-refractivity contribution in [2.45, 2.75) is 46.1 Å². The van der Waals surface area contributed by atoms with Crippen LogP contribution in [-0.4, -0.2) is 62.1 Å². The van der Waals surface area contributed by atoms with Gasteiger partial charge in [-0.2, -0.15) is 0 Å². The first-order valence-electron chi connectivity index (χ1n) is 11.8. The van der Waals surface area contributed by atoms with E-state index in [1.807, 2.05) is 13.8 Å². The van der Waals surface area contributed by atoms with Gasteiger partial charge in [0.2, 0.25) is 16.0 Å². The molecule has 0 saturated heterocycles. The lowest BCUT2D eigenvalue weighted by atomic mass is 9.97. The molecule has 1 atom stereocenters. The van der Waals surface area contributed by atoms with Crippen LogP contribution in [0.3, 0.4) is 0 Å². The molecule has 37 heavy (non-hydrogen) atoms. The molecule has 1 aromatic heterocycles. The van der Waals surface area contributed by atoms with Crippen LogP contribution in [-0.2, 0) is 24.3 Å². The number of hydrogen-bond donors (Lipinski definition) is 1. The third-order valence-electron chi connectivity index (χ3n) is 5.20. The van der Waals surface area contributed by atoms with Gasteiger partial charge in [0.15, 0.2) is 0 Å². The molecule has 0 saturated carbocycles. The molecule has 1 aromatic carbocycles. The third-order valence-corrected chi connectivity index (χ3v) is 6.36. The number of hydrogen-bond acceptors (Lipinski definition) is 8. The number of anilines is 1. The Labute approximate surface area is 217 Å². The van der Waals surface area contributed by atoms with Gasteiger partial charge in [0, 0.05) is 24.6 Å². The molecule has 0 bridgehead atoms. The minimum atomic E-state index is -3.64. The number of nitrogens with zero attached hydrogens (tertiary/aromatic N) is 3. The van der Waals surface area contributed by atoms with Crippen molar-refractivity contribution in [2.24, 2.45) is 0 Å². The summed E-state index contributed by atoms with van der Waals surface area (Å²) in [5.41, 5.74) is 1.99. The lowest BCUT2D eigenvalue weighted by Gasteiger charge is -2.20. The average molecular weight is 536 g/mol. The van der Waals surface area contributed by atoms with E-state index in [4.69, 9.17) is 9.47 Å². The van der Waals surface area contributed by atoms with Crippen molar-refractivity contribution >= 4 is 28.0 Å². The van der Waals surface area contributed by atoms with E-state index in [2.05, 4.69) is 9.97 Å². The Morgan fingerprint density at radius 1 is 1.14 bits per heavy atom. The van der Waals surface area contributed by atoms with Gasteiger partial charge in [-0.3, -0.25) is 0 Å². The molecule has 1 heterocycles. The fraction of sp³-hybridized carbons (Fsp3) is 0.423. The lowest BCUT2D eigenvalue weighted by Crippen LogP contribution is -2.27. The van der Waals surface area contributed by atoms with E-state index in [-0.39, 0.29) is 30.7 Å². The highest BCUT2D eigenvalue weighted by molar-refractivity contribution is 7.92. The summed E-state index contributed by atoms with van der Waals surface area (Å²) < 4.78 is 49.3. The fourth-order valence-electron chi connectivity index (χ4n) is 3.34. The molecule has 0 aliphatic heterocycles. The van der Waals surface area contributed by atoms with Gasteiger partial charge in [-0.05, 0) is 44.0 Å². The number of rotatable bonds is 12. The lowest BCUT2D eigenvalue weighted by molar-refractivity contribution is -0.137. The van der Waals surface area contributed by atoms with Gasteiger partial charge in [-0.1, -0.05) is 26.0 Å². The van der Waals surface area contributed by atoms with Crippen LogP contribution in [0.1, 0.15) is 51.3 Å². The summed E-state index contributed by atoms with van der Waals surface area (Å²) >= 11 is 0. The molecule has 0 unspecified atom stereocenters. The van der Waals surface area contributed by atoms with E-state index in [1.165, 1.54) is 43.5 Å². The van der Waals surface area contributed by atoms with Crippen LogP contribution >= 0.6 is 0 Å². The Balaban J connectivity index is 2.58. The first-order chi connectivity index (χ1) is 17.4. The van der Waals surface area contributed by atoms with Gasteiger partial charge in [-0.25, -0.2) is 31.9 Å². The van der Waals surface area contributed by atoms with E-state index in [1.54, 1.807) is 19.9 Å². The molecule has 2 aromatic rings. The number of sulfonamides is 1. The van der Waals surface area contributed by atoms with Crippen molar-refractivity contribution in [3.05, 3.63) is 59.3 Å². The first kappa shape index (κ1) is 29.9. The summed E-state index contributed by atoms with van der Waals surface area (Å²) in [6.07, 6.45) is 4.37. The second-order valence-electron chi connectivity index (χ2n) is 8.49. The summed E-state index contributed by atoms with van der Waals surface area (Å²) in [4.78, 5) is 20.8. The number of aliphatic hydroxyl groups excluding tert-OH is 1. The molecule has 9 nitrogen and oxygen atoms in total. The normalized spacial score (nSPS) is 13.2. The standard InChI is InChI=1S/C26H34FN3O6S/c1-7-35-21(16-23(32)36-8-2)15-20(31)13-14-22-24(17(3)4)28-26(30(5)37(6,33)34)29-25(22)18-9-11-19(27)12-10-18/h9-14,16-17,20,31H,7-8,15H2,1-6H3/b14-13+,21-16?/t20-/m1/s1. The summed E-state index contributed by atoms with van der Waals surface area (Å²) in [6, 6.07) is 5.64. The zero-order valence-corrected chi connectivity index (χ0v) is 22.8. The number of carbonyl (C=O) groups excluding carboxylic acids is 1. The predicted molar refractivity (Wildman–Crippen MR) is 141 cm³/mol. The molecule has 11 heteroatoms. The molecule has 0 amide bonds. The van der Waals surface area contributed by atoms with Gasteiger partial charge in [0.05, 0.1) is 43.0 Å². The van der Waals surface area contributed by atoms with Crippen molar-refractivity contribution in [3.63, 3.8) is 0 Å². The van der Waals surface area contributed by atoms with Crippen LogP contribution in [0.15, 0.2) is 42.2 Å². The smallest absolute Gasteiger partial charge is 0.334 e. The Hall–Kier alpha value is -3.31. The van der Waals surface area contributed by atoms with Gasteiger partial charge in [0.1, 0.15) is 11.6 Å². The summed E-state index contributed by atoms with van der Waals surface area (Å²) in [7, 11) is -2.29. The van der Waals surface area contributed by atoms with Crippen molar-refractivity contribution in [1.29, 1.82) is 0 Å². The molecule has 0 spiro atoms. The quantitative estimate of drug-likeness (QED) is 0.246. The van der Waals surface area contributed by atoms with E-state index in [0.717, 1.165) is 10.6 Å². The Bertz CT molecular complexity index is 1240. The monoisotopic (exact) mass is 535 g/mol. The summed E-state index contributed by atoms with van der Waals surface area (Å²) in [5, 5.41) is 10.7. The Kier molecular flexibility index (Phi) is 10.8. The topological polar surface area (TPSA) is 119 Å². The molecule has 0 aliphatic rings. The van der Waals surface area contributed by atoms with Gasteiger partial charge >= 0.3 is 5.97 Å². The maximum absolute atomic E-state index is 13.6. The number of carbonyl (C=O) groups is 1. The molecule has 0 fully saturated rings. The van der Waals surface area contributed by atoms with E-state index >= 15 is 0 Å². The average Bonchev–Trinajstić information content (AvgIpc) is 2.82. The maximum atomic E-state index is 13.6. The van der Waals surface area contributed by atoms with Gasteiger partial charge in [0.25, 0.3) is 0 Å². The number of esters is 1. The van der Waals surface area contributed by atoms with Crippen LogP contribution in [0.5, 0.6) is 0 Å². The summed E-state index contributed by atoms with van der Waals surface area (Å²) in [5.74, 6) is -0.906. The van der Waals surface area contributed by atoms with Gasteiger partial charge in [-0.15, -0.1) is 0 Å². The number of aromatic nitrogens is 2. The van der Waals surface area contributed by atoms with Crippen LogP contribution in [0.2, 0.25) is 0 Å². The van der Waals surface area contributed by atoms with Crippen LogP contribution in [0.25, 0.3) is 17.3 Å². The number of aliphatic hydroxyl groups is 1. The molecule has 0 radical (unpaired) electrons. The minimum Gasteiger partial charge on any atom is -0.498 e. The van der Waals surface area contributed by atoms with Crippen LogP contribution in [0.4, 0.5) is 10.3 Å². The molecule has 1 N–H and O–H groups in total. The highest BCUT2D eigenvalue weighted by Crippen LogP contribution is 2.31. The maximum Gasteiger partial charge on any atom is 0.334 e. The highest BCUT2D eigenvalue weighted by Gasteiger charge is 2.22. The van der Waals surface area contributed by atoms with Gasteiger partial charge < -0.3 is 14.6 Å². The molecule has 202 valence electrons. The molecular weight excluding hydrogens is 501 g/mol. The molecular formula is C26H34FN3O6S. The fourth-order valence-corrected chi connectivity index (χ4v) is 3.72. The first-order valence-corrected chi connectivity index (χ1v) is 13.7. The Morgan fingerprint density at radius 3 is 2.30 bits per heavy atom. The van der Waals surface area contributed by atoms with Crippen molar-refractivity contribution < 1.29 is 32.2 Å². The van der Waals surface area contributed by atoms with E-state index in [9.17, 15) is 22.7 Å². The van der Waals surface area contributed by atoms with Crippen molar-refractivity contribution in [1.82, 2.24) is 9.97 Å². The largest absolute Gasteiger partial charge is 0.498 e. The number of halogens is 1. The van der Waals surface area contributed by atoms with Crippen molar-refractivity contribution in [3.8, 4) is 11.3 Å². The molecule has 0 aliphatic carbocycles. The zero-order chi connectivity index (χ0) is 27.8. The number of ether oxygens (including phenoxy) is 2. The van der Waals surface area contributed by atoms with E-state index in [0.29, 0.717) is 29.1 Å². The van der Waals surface area contributed by atoms with Crippen molar-refractivity contribution in [2.75, 3.05) is 30.8 Å². The Morgan fingerprint density at radius 2 is 1.76 bits per heavy atom. The summed E-state index contributed by atoms with van der Waals surface area (Å²) in [6.45, 7) is 7.75. The SMILES string of the molecule is CCOC(=O)C=C(C[C@H](O)/C=C/c1c(-c2ccc(F)cc2)nc(N(C)S(C)(=O)=O)nc1C(C)C)OCC. The predicted octanol–water partition coefficient (Wildman–Crippen LogP) is 4.05. The van der Waals surface area contributed by atoms with Crippen LogP contribution < -0.4 is 4.31 Å². The van der Waals surface area contributed by atoms with E-state index < -0.39 is 27.9 Å². The second kappa shape index (κ2) is 13.3. The molecule has 2 rings (SSSR count). The highest BCUT2D eigenvalue weighted by atomic mass is 32.2. The minimum absolute atomic E-state index is 0.0157. The second-order valence-corrected chi connectivity index (χ2v) is 10.5.